The summed E-state index contributed by atoms with van der Waals surface area (Å²) in [5.41, 5.74) is 0.880. The summed E-state index contributed by atoms with van der Waals surface area (Å²) in [5, 5.41) is 8.52. The van der Waals surface area contributed by atoms with Crippen molar-refractivity contribution in [1.29, 1.82) is 0 Å². The molecule has 21 heavy (non-hydrogen) atoms. The normalized spacial score (nSPS) is 9.81. The third kappa shape index (κ3) is 11.2. The molecule has 118 valence electrons. The third-order valence-electron chi connectivity index (χ3n) is 2.09. The van der Waals surface area contributed by atoms with Gasteiger partial charge in [-0.2, -0.15) is 0 Å². The van der Waals surface area contributed by atoms with Crippen molar-refractivity contribution in [3.05, 3.63) is 36.0 Å². The molecule has 0 saturated heterocycles. The molecule has 0 aliphatic carbocycles. The monoisotopic (exact) mass is 298 g/mol. The first-order valence-corrected chi connectivity index (χ1v) is 6.16. The first-order chi connectivity index (χ1) is 9.67. The van der Waals surface area contributed by atoms with E-state index in [9.17, 15) is 14.4 Å². The summed E-state index contributed by atoms with van der Waals surface area (Å²) in [5.74, 6) is -1.83. The van der Waals surface area contributed by atoms with Crippen LogP contribution >= 0.6 is 0 Å². The number of hydrogen-bond donors (Lipinski definition) is 1. The van der Waals surface area contributed by atoms with Crippen LogP contribution in [0.1, 0.15) is 27.2 Å². The highest BCUT2D eigenvalue weighted by Gasteiger charge is 2.07. The molecule has 0 bridgehead atoms. The van der Waals surface area contributed by atoms with E-state index in [0.29, 0.717) is 12.2 Å². The van der Waals surface area contributed by atoms with Gasteiger partial charge in [0, 0.05) is 16.7 Å². The Balaban J connectivity index is 0. The predicted octanol–water partition coefficient (Wildman–Crippen LogP) is 2.26. The molecule has 0 aromatic heterocycles. The number of aliphatic carboxylic acids is 1. The van der Waals surface area contributed by atoms with Crippen molar-refractivity contribution in [2.45, 2.75) is 27.2 Å². The summed E-state index contributed by atoms with van der Waals surface area (Å²) in [6, 6.07) is 0. The Morgan fingerprint density at radius 3 is 1.95 bits per heavy atom. The molecule has 0 radical (unpaired) electrons. The molecule has 0 saturated carbocycles. The highest BCUT2D eigenvalue weighted by molar-refractivity contribution is 5.89. The number of carboxylic acids is 1. The Hall–Kier alpha value is -2.37. The summed E-state index contributed by atoms with van der Waals surface area (Å²) in [7, 11) is 1.33. The van der Waals surface area contributed by atoms with Gasteiger partial charge in [-0.05, 0) is 27.2 Å². The van der Waals surface area contributed by atoms with Crippen molar-refractivity contribution >= 4 is 17.9 Å². The van der Waals surface area contributed by atoms with E-state index in [0.717, 1.165) is 0 Å². The zero-order valence-corrected chi connectivity index (χ0v) is 12.9. The van der Waals surface area contributed by atoms with Gasteiger partial charge in [0.05, 0.1) is 13.7 Å². The molecule has 1 N–H and O–H groups in total. The molecule has 0 aromatic rings. The maximum atomic E-state index is 11.0. The molecule has 6 heteroatoms. The Kier molecular flexibility index (Phi) is 11.4. The molecule has 0 atom stereocenters. The number of carbonyl (C=O) groups is 3. The SMILES string of the molecule is C=C(C)C(=O)OC.C=C(CC=C(C)C(=O)O)C(=O)OCC. The van der Waals surface area contributed by atoms with E-state index in [1.165, 1.54) is 20.1 Å². The Morgan fingerprint density at radius 1 is 1.14 bits per heavy atom. The van der Waals surface area contributed by atoms with Gasteiger partial charge in [-0.15, -0.1) is 0 Å². The molecule has 0 aliphatic heterocycles. The van der Waals surface area contributed by atoms with Crippen LogP contribution < -0.4 is 0 Å². The lowest BCUT2D eigenvalue weighted by Crippen LogP contribution is -2.06. The van der Waals surface area contributed by atoms with E-state index in [-0.39, 0.29) is 23.5 Å². The lowest BCUT2D eigenvalue weighted by molar-refractivity contribution is -0.138. The van der Waals surface area contributed by atoms with Crippen molar-refractivity contribution in [3.63, 3.8) is 0 Å². The minimum absolute atomic E-state index is 0.190. The first kappa shape index (κ1) is 20.9. The van der Waals surface area contributed by atoms with Crippen LogP contribution in [0.25, 0.3) is 0 Å². The largest absolute Gasteiger partial charge is 0.478 e. The van der Waals surface area contributed by atoms with Gasteiger partial charge in [-0.3, -0.25) is 0 Å². The topological polar surface area (TPSA) is 89.9 Å². The number of ether oxygens (including phenoxy) is 2. The van der Waals surface area contributed by atoms with Gasteiger partial charge < -0.3 is 14.6 Å². The fourth-order valence-electron chi connectivity index (χ4n) is 0.854. The number of carboxylic acid groups (broad SMARTS) is 1. The molecule has 0 amide bonds. The number of hydrogen-bond acceptors (Lipinski definition) is 5. The van der Waals surface area contributed by atoms with Crippen LogP contribution in [0.5, 0.6) is 0 Å². The van der Waals surface area contributed by atoms with E-state index in [2.05, 4.69) is 22.6 Å². The van der Waals surface area contributed by atoms with Crippen molar-refractivity contribution in [2.75, 3.05) is 13.7 Å². The summed E-state index contributed by atoms with van der Waals surface area (Å²) in [6.07, 6.45) is 1.64. The minimum Gasteiger partial charge on any atom is -0.478 e. The van der Waals surface area contributed by atoms with Crippen molar-refractivity contribution in [1.82, 2.24) is 0 Å². The van der Waals surface area contributed by atoms with Gasteiger partial charge in [0.25, 0.3) is 0 Å². The van der Waals surface area contributed by atoms with Gasteiger partial charge in [-0.1, -0.05) is 19.2 Å². The van der Waals surface area contributed by atoms with Crippen LogP contribution in [0.3, 0.4) is 0 Å². The predicted molar refractivity (Wildman–Crippen MR) is 78.6 cm³/mol. The zero-order valence-electron chi connectivity index (χ0n) is 12.9. The van der Waals surface area contributed by atoms with Crippen LogP contribution in [0.4, 0.5) is 0 Å². The van der Waals surface area contributed by atoms with E-state index < -0.39 is 11.9 Å². The van der Waals surface area contributed by atoms with E-state index in [1.807, 2.05) is 0 Å². The van der Waals surface area contributed by atoms with Crippen LogP contribution in [0, 0.1) is 0 Å². The number of allylic oxidation sites excluding steroid dienone is 1. The van der Waals surface area contributed by atoms with Crippen LogP contribution in [-0.2, 0) is 23.9 Å². The Bertz CT molecular complexity index is 445. The number of carbonyl (C=O) groups excluding carboxylic acids is 2. The Morgan fingerprint density at radius 2 is 1.67 bits per heavy atom. The van der Waals surface area contributed by atoms with E-state index in [1.54, 1.807) is 13.8 Å². The number of methoxy groups -OCH3 is 1. The second-order valence-electron chi connectivity index (χ2n) is 3.99. The van der Waals surface area contributed by atoms with E-state index in [4.69, 9.17) is 5.11 Å². The molecule has 0 rings (SSSR count). The summed E-state index contributed by atoms with van der Waals surface area (Å²) < 4.78 is 8.95. The fraction of sp³-hybridized carbons (Fsp3) is 0.400. The summed E-state index contributed by atoms with van der Waals surface area (Å²) >= 11 is 0. The first-order valence-electron chi connectivity index (χ1n) is 6.16. The smallest absolute Gasteiger partial charge is 0.333 e. The highest BCUT2D eigenvalue weighted by Crippen LogP contribution is 2.05. The molecule has 0 heterocycles. The molecule has 0 unspecified atom stereocenters. The van der Waals surface area contributed by atoms with Gasteiger partial charge in [-0.25, -0.2) is 14.4 Å². The van der Waals surface area contributed by atoms with E-state index >= 15 is 0 Å². The van der Waals surface area contributed by atoms with Gasteiger partial charge in [0.2, 0.25) is 0 Å². The maximum absolute atomic E-state index is 11.0. The highest BCUT2D eigenvalue weighted by atomic mass is 16.5. The van der Waals surface area contributed by atoms with Crippen molar-refractivity contribution in [3.8, 4) is 0 Å². The van der Waals surface area contributed by atoms with Crippen LogP contribution in [-0.4, -0.2) is 36.7 Å². The lowest BCUT2D eigenvalue weighted by atomic mass is 10.1. The minimum atomic E-state index is -0.998. The van der Waals surface area contributed by atoms with Gasteiger partial charge >= 0.3 is 17.9 Å². The molecular formula is C15H22O6. The molecule has 6 nitrogen and oxygen atoms in total. The second kappa shape index (κ2) is 11.5. The summed E-state index contributed by atoms with van der Waals surface area (Å²) in [6.45, 7) is 11.9. The maximum Gasteiger partial charge on any atom is 0.333 e. The van der Waals surface area contributed by atoms with Crippen molar-refractivity contribution in [2.24, 2.45) is 0 Å². The summed E-state index contributed by atoms with van der Waals surface area (Å²) in [4.78, 5) is 31.6. The molecule has 0 aliphatic rings. The van der Waals surface area contributed by atoms with Gasteiger partial charge in [0.15, 0.2) is 0 Å². The third-order valence-corrected chi connectivity index (χ3v) is 2.09. The Labute approximate surface area is 124 Å². The van der Waals surface area contributed by atoms with Crippen molar-refractivity contribution < 1.29 is 29.0 Å². The molecule has 0 aromatic carbocycles. The fourth-order valence-corrected chi connectivity index (χ4v) is 0.854. The quantitative estimate of drug-likeness (QED) is 0.597. The van der Waals surface area contributed by atoms with Crippen LogP contribution in [0.2, 0.25) is 0 Å². The molecule has 0 spiro atoms. The lowest BCUT2D eigenvalue weighted by Gasteiger charge is -2.02. The molecular weight excluding hydrogens is 276 g/mol. The molecule has 0 fully saturated rings. The number of esters is 2. The number of rotatable bonds is 6. The van der Waals surface area contributed by atoms with Crippen LogP contribution in [0.15, 0.2) is 36.0 Å². The van der Waals surface area contributed by atoms with Gasteiger partial charge in [0.1, 0.15) is 0 Å². The zero-order chi connectivity index (χ0) is 17.0. The average molecular weight is 298 g/mol. The standard InChI is InChI=1S/C10H14O4.C5H8O2/c1-4-14-10(13)8(3)6-5-7(2)9(11)12;1-4(2)5(6)7-3/h5H,3-4,6H2,1-2H3,(H,11,12);1H2,2-3H3. The average Bonchev–Trinajstić information content (AvgIpc) is 2.43. The second-order valence-corrected chi connectivity index (χ2v) is 3.99.